The Kier molecular flexibility index (Phi) is 6.60. The molecule has 0 radical (unpaired) electrons. The van der Waals surface area contributed by atoms with Gasteiger partial charge in [0.25, 0.3) is 5.91 Å². The van der Waals surface area contributed by atoms with Crippen molar-refractivity contribution in [3.05, 3.63) is 23.9 Å². The van der Waals surface area contributed by atoms with E-state index >= 15 is 0 Å². The lowest BCUT2D eigenvalue weighted by molar-refractivity contribution is -0.133. The van der Waals surface area contributed by atoms with E-state index < -0.39 is 5.54 Å². The summed E-state index contributed by atoms with van der Waals surface area (Å²) in [5.74, 6) is 0.398. The summed E-state index contributed by atoms with van der Waals surface area (Å²) in [7, 11) is 1.58. The van der Waals surface area contributed by atoms with Crippen LogP contribution in [0.3, 0.4) is 0 Å². The van der Waals surface area contributed by atoms with Gasteiger partial charge in [-0.15, -0.1) is 0 Å². The Balaban J connectivity index is 1.85. The minimum Gasteiger partial charge on any atom is -0.497 e. The minimum absolute atomic E-state index is 0.112. The number of carbonyl (C=O) groups excluding carboxylic acids is 3. The maximum Gasteiger partial charge on any atom is 0.273 e. The van der Waals surface area contributed by atoms with Crippen molar-refractivity contribution < 1.29 is 19.1 Å². The number of rotatable bonds is 7. The Labute approximate surface area is 201 Å². The molecular formula is C26H36N4O4. The molecule has 34 heavy (non-hydrogen) atoms. The minimum atomic E-state index is -1.04. The van der Waals surface area contributed by atoms with Crippen molar-refractivity contribution in [1.29, 1.82) is 0 Å². The second-order valence-corrected chi connectivity index (χ2v) is 10.2. The normalized spacial score (nSPS) is 20.6. The van der Waals surface area contributed by atoms with Crippen molar-refractivity contribution in [2.75, 3.05) is 19.0 Å². The lowest BCUT2D eigenvalue weighted by atomic mass is 9.93. The molecule has 0 spiro atoms. The SMILES string of the molecule is COc1ccc2c(c1)c(NC(C)=O)c1n2C[C@](C)(C(=O)NC2CCCC2)N(CCC(C)C)C1=O. The summed E-state index contributed by atoms with van der Waals surface area (Å²) in [6.07, 6.45) is 4.97. The first-order chi connectivity index (χ1) is 16.2. The molecule has 2 aliphatic rings. The van der Waals surface area contributed by atoms with Crippen LogP contribution in [0.15, 0.2) is 18.2 Å². The molecule has 1 saturated carbocycles. The number of benzene rings is 1. The second kappa shape index (κ2) is 9.31. The molecule has 4 rings (SSSR count). The number of amides is 3. The molecule has 0 unspecified atom stereocenters. The first-order valence-electron chi connectivity index (χ1n) is 12.3. The number of nitrogens with one attached hydrogen (secondary N) is 2. The Bertz CT molecular complexity index is 1120. The molecule has 2 aromatic rings. The molecule has 1 aliphatic heterocycles. The average Bonchev–Trinajstić information content (AvgIpc) is 3.39. The van der Waals surface area contributed by atoms with Gasteiger partial charge in [-0.25, -0.2) is 0 Å². The van der Waals surface area contributed by atoms with E-state index in [0.29, 0.717) is 36.1 Å². The maximum atomic E-state index is 14.1. The molecule has 1 atom stereocenters. The third kappa shape index (κ3) is 4.26. The van der Waals surface area contributed by atoms with E-state index in [1.165, 1.54) is 6.92 Å². The molecule has 1 fully saturated rings. The van der Waals surface area contributed by atoms with Crippen LogP contribution < -0.4 is 15.4 Å². The molecule has 8 nitrogen and oxygen atoms in total. The third-order valence-corrected chi connectivity index (χ3v) is 7.19. The first-order valence-corrected chi connectivity index (χ1v) is 12.3. The zero-order valence-electron chi connectivity index (χ0n) is 20.9. The van der Waals surface area contributed by atoms with Gasteiger partial charge in [0.2, 0.25) is 11.8 Å². The van der Waals surface area contributed by atoms with Crippen LogP contribution in [0.5, 0.6) is 5.75 Å². The monoisotopic (exact) mass is 468 g/mol. The van der Waals surface area contributed by atoms with E-state index in [1.807, 2.05) is 29.7 Å². The van der Waals surface area contributed by atoms with Crippen LogP contribution in [0, 0.1) is 5.92 Å². The van der Waals surface area contributed by atoms with Crippen LogP contribution in [-0.4, -0.2) is 52.4 Å². The van der Waals surface area contributed by atoms with Gasteiger partial charge in [-0.2, -0.15) is 0 Å². The molecular weight excluding hydrogens is 432 g/mol. The van der Waals surface area contributed by atoms with Gasteiger partial charge < -0.3 is 24.8 Å². The van der Waals surface area contributed by atoms with Gasteiger partial charge in [0.1, 0.15) is 17.0 Å². The standard InChI is InChI=1S/C26H36N4O4/c1-16(2)12-13-30-24(32)23-22(27-17(3)31)20-14-19(34-5)10-11-21(20)29(23)15-26(30,4)25(33)28-18-8-6-7-9-18/h10-11,14,16,18H,6-9,12-13,15H2,1-5H3,(H,27,31)(H,28,33)/t26-/m1/s1. The maximum absolute atomic E-state index is 14.1. The van der Waals surface area contributed by atoms with E-state index in [4.69, 9.17) is 4.74 Å². The summed E-state index contributed by atoms with van der Waals surface area (Å²) in [5, 5.41) is 6.83. The average molecular weight is 469 g/mol. The topological polar surface area (TPSA) is 92.7 Å². The first kappa shape index (κ1) is 24.1. The molecule has 3 amide bonds. The van der Waals surface area contributed by atoms with Gasteiger partial charge in [-0.1, -0.05) is 26.7 Å². The van der Waals surface area contributed by atoms with Crippen molar-refractivity contribution >= 4 is 34.3 Å². The summed E-state index contributed by atoms with van der Waals surface area (Å²) >= 11 is 0. The quantitative estimate of drug-likeness (QED) is 0.644. The lowest BCUT2D eigenvalue weighted by Crippen LogP contribution is -2.65. The molecule has 0 saturated heterocycles. The van der Waals surface area contributed by atoms with Gasteiger partial charge in [-0.3, -0.25) is 14.4 Å². The van der Waals surface area contributed by atoms with E-state index in [2.05, 4.69) is 24.5 Å². The van der Waals surface area contributed by atoms with Crippen LogP contribution in [-0.2, 0) is 16.1 Å². The molecule has 1 aromatic carbocycles. The van der Waals surface area contributed by atoms with E-state index in [9.17, 15) is 14.4 Å². The smallest absolute Gasteiger partial charge is 0.273 e. The predicted octanol–water partition coefficient (Wildman–Crippen LogP) is 3.93. The van der Waals surface area contributed by atoms with Crippen molar-refractivity contribution in [2.45, 2.75) is 77.9 Å². The summed E-state index contributed by atoms with van der Waals surface area (Å²) < 4.78 is 7.29. The predicted molar refractivity (Wildman–Crippen MR) is 132 cm³/mol. The fourth-order valence-electron chi connectivity index (χ4n) is 5.24. The zero-order valence-corrected chi connectivity index (χ0v) is 20.9. The number of anilines is 1. The second-order valence-electron chi connectivity index (χ2n) is 10.2. The number of ether oxygens (including phenoxy) is 1. The van der Waals surface area contributed by atoms with Crippen LogP contribution in [0.2, 0.25) is 0 Å². The van der Waals surface area contributed by atoms with E-state index in [1.54, 1.807) is 12.0 Å². The number of nitrogens with zero attached hydrogens (tertiary/aromatic N) is 2. The number of hydrogen-bond donors (Lipinski definition) is 2. The number of hydrogen-bond acceptors (Lipinski definition) is 4. The number of methoxy groups -OCH3 is 1. The largest absolute Gasteiger partial charge is 0.497 e. The van der Waals surface area contributed by atoms with Crippen LogP contribution in [0.4, 0.5) is 5.69 Å². The molecule has 0 bridgehead atoms. The van der Waals surface area contributed by atoms with Crippen LogP contribution >= 0.6 is 0 Å². The van der Waals surface area contributed by atoms with E-state index in [-0.39, 0.29) is 23.8 Å². The van der Waals surface area contributed by atoms with Gasteiger partial charge in [0.05, 0.1) is 24.9 Å². The van der Waals surface area contributed by atoms with Crippen LogP contribution in [0.1, 0.15) is 70.3 Å². The molecule has 2 N–H and O–H groups in total. The van der Waals surface area contributed by atoms with Gasteiger partial charge in [-0.05, 0) is 50.3 Å². The summed E-state index contributed by atoms with van der Waals surface area (Å²) in [6, 6.07) is 5.70. The summed E-state index contributed by atoms with van der Waals surface area (Å²) in [5.41, 5.74) is 0.629. The highest BCUT2D eigenvalue weighted by Crippen LogP contribution is 2.40. The fourth-order valence-corrected chi connectivity index (χ4v) is 5.24. The molecule has 8 heteroatoms. The Morgan fingerprint density at radius 1 is 1.24 bits per heavy atom. The molecule has 2 heterocycles. The van der Waals surface area contributed by atoms with Crippen molar-refractivity contribution in [1.82, 2.24) is 14.8 Å². The van der Waals surface area contributed by atoms with Gasteiger partial charge in [0, 0.05) is 24.9 Å². The van der Waals surface area contributed by atoms with Crippen LogP contribution in [0.25, 0.3) is 10.9 Å². The fraction of sp³-hybridized carbons (Fsp3) is 0.577. The Morgan fingerprint density at radius 2 is 1.94 bits per heavy atom. The Morgan fingerprint density at radius 3 is 2.56 bits per heavy atom. The van der Waals surface area contributed by atoms with Crippen molar-refractivity contribution in [3.8, 4) is 5.75 Å². The van der Waals surface area contributed by atoms with Gasteiger partial charge >= 0.3 is 0 Å². The number of aromatic nitrogens is 1. The highest BCUT2D eigenvalue weighted by molar-refractivity contribution is 6.14. The van der Waals surface area contributed by atoms with Gasteiger partial charge in [0.15, 0.2) is 0 Å². The highest BCUT2D eigenvalue weighted by atomic mass is 16.5. The molecule has 1 aromatic heterocycles. The third-order valence-electron chi connectivity index (χ3n) is 7.19. The Hall–Kier alpha value is -3.03. The van der Waals surface area contributed by atoms with Crippen molar-refractivity contribution in [3.63, 3.8) is 0 Å². The summed E-state index contributed by atoms with van der Waals surface area (Å²) in [6.45, 7) is 8.29. The van der Waals surface area contributed by atoms with Crippen molar-refractivity contribution in [2.24, 2.45) is 5.92 Å². The van der Waals surface area contributed by atoms with E-state index in [0.717, 1.165) is 43.0 Å². The zero-order chi connectivity index (χ0) is 24.6. The molecule has 1 aliphatic carbocycles. The number of carbonyl (C=O) groups is 3. The molecule has 184 valence electrons. The summed E-state index contributed by atoms with van der Waals surface area (Å²) in [4.78, 5) is 41.6. The lowest BCUT2D eigenvalue weighted by Gasteiger charge is -2.45. The highest BCUT2D eigenvalue weighted by Gasteiger charge is 2.49. The number of fused-ring (bicyclic) bond motifs is 3.